The van der Waals surface area contributed by atoms with Crippen LogP contribution in [0.2, 0.25) is 0 Å². The third kappa shape index (κ3) is 3.90. The molecule has 3 aromatic rings. The lowest BCUT2D eigenvalue weighted by Gasteiger charge is -2.22. The Bertz CT molecular complexity index is 1030. The summed E-state index contributed by atoms with van der Waals surface area (Å²) in [7, 11) is 1.30. The van der Waals surface area contributed by atoms with Crippen molar-refractivity contribution < 1.29 is 23.5 Å². The number of halogens is 1. The number of fused-ring (bicyclic) bond motifs is 1. The first-order valence-corrected chi connectivity index (χ1v) is 9.81. The fourth-order valence-electron chi connectivity index (χ4n) is 3.95. The fourth-order valence-corrected chi connectivity index (χ4v) is 3.95. The molecule has 7 heteroatoms. The molecule has 0 radical (unpaired) electrons. The zero-order chi connectivity index (χ0) is 20.4. The molecule has 0 N–H and O–H groups in total. The van der Waals surface area contributed by atoms with Crippen molar-refractivity contribution in [1.29, 1.82) is 0 Å². The summed E-state index contributed by atoms with van der Waals surface area (Å²) in [6, 6.07) is 9.56. The van der Waals surface area contributed by atoms with Crippen LogP contribution < -0.4 is 0 Å². The van der Waals surface area contributed by atoms with E-state index in [9.17, 15) is 14.0 Å². The van der Waals surface area contributed by atoms with Gasteiger partial charge in [-0.1, -0.05) is 6.42 Å². The Hall–Kier alpha value is -3.09. The molecule has 0 amide bonds. The Kier molecular flexibility index (Phi) is 5.38. The molecule has 4 rings (SSSR count). The fraction of sp³-hybridized carbons (Fsp3) is 0.364. The minimum atomic E-state index is -0.530. The highest BCUT2D eigenvalue weighted by Crippen LogP contribution is 2.26. The Labute approximate surface area is 167 Å². The normalized spacial score (nSPS) is 14.8. The SMILES string of the molecule is COC(=O)c1cc2c(ccn2-c2ccc(F)cc2)n1CC(=O)OC1CCCCC1. The van der Waals surface area contributed by atoms with E-state index < -0.39 is 5.97 Å². The van der Waals surface area contributed by atoms with Crippen molar-refractivity contribution in [3.63, 3.8) is 0 Å². The Balaban J connectivity index is 1.67. The third-order valence-electron chi connectivity index (χ3n) is 5.40. The maximum Gasteiger partial charge on any atom is 0.354 e. The minimum Gasteiger partial charge on any atom is -0.464 e. The van der Waals surface area contributed by atoms with E-state index in [1.54, 1.807) is 22.8 Å². The van der Waals surface area contributed by atoms with Gasteiger partial charge in [-0.2, -0.15) is 0 Å². The number of hydrogen-bond acceptors (Lipinski definition) is 4. The van der Waals surface area contributed by atoms with Crippen LogP contribution in [0.4, 0.5) is 4.39 Å². The van der Waals surface area contributed by atoms with E-state index in [4.69, 9.17) is 9.47 Å². The molecule has 1 fully saturated rings. The van der Waals surface area contributed by atoms with E-state index in [0.29, 0.717) is 5.52 Å². The highest BCUT2D eigenvalue weighted by atomic mass is 19.1. The maximum atomic E-state index is 13.3. The molecular weight excluding hydrogens is 375 g/mol. The molecule has 1 aliphatic rings. The predicted molar refractivity (Wildman–Crippen MR) is 106 cm³/mol. The van der Waals surface area contributed by atoms with Gasteiger partial charge in [-0.25, -0.2) is 9.18 Å². The van der Waals surface area contributed by atoms with Crippen LogP contribution in [0.25, 0.3) is 16.7 Å². The average Bonchev–Trinajstić information content (AvgIpc) is 3.29. The highest BCUT2D eigenvalue weighted by molar-refractivity contribution is 5.96. The standard InChI is InChI=1S/C22H23FN2O4/c1-28-22(27)20-13-19-18(11-12-24(19)16-9-7-15(23)8-10-16)25(20)14-21(26)29-17-5-3-2-4-6-17/h7-13,17H,2-6,14H2,1H3. The monoisotopic (exact) mass is 398 g/mol. The number of methoxy groups -OCH3 is 1. The second-order valence-corrected chi connectivity index (χ2v) is 7.29. The number of benzene rings is 1. The van der Waals surface area contributed by atoms with E-state index in [0.717, 1.165) is 36.9 Å². The molecule has 1 aromatic carbocycles. The maximum absolute atomic E-state index is 13.3. The van der Waals surface area contributed by atoms with Gasteiger partial charge < -0.3 is 18.6 Å². The zero-order valence-electron chi connectivity index (χ0n) is 16.3. The lowest BCUT2D eigenvalue weighted by molar-refractivity contribution is -0.151. The third-order valence-corrected chi connectivity index (χ3v) is 5.40. The molecule has 0 saturated heterocycles. The van der Waals surface area contributed by atoms with Crippen LogP contribution in [0, 0.1) is 5.82 Å². The second-order valence-electron chi connectivity index (χ2n) is 7.29. The summed E-state index contributed by atoms with van der Waals surface area (Å²) >= 11 is 0. The van der Waals surface area contributed by atoms with Crippen molar-refractivity contribution in [2.24, 2.45) is 0 Å². The van der Waals surface area contributed by atoms with Crippen molar-refractivity contribution >= 4 is 23.0 Å². The van der Waals surface area contributed by atoms with E-state index in [-0.39, 0.29) is 30.1 Å². The quantitative estimate of drug-likeness (QED) is 0.604. The molecule has 2 aromatic heterocycles. The van der Waals surface area contributed by atoms with Gasteiger partial charge in [0.25, 0.3) is 0 Å². The van der Waals surface area contributed by atoms with Crippen LogP contribution in [0.3, 0.4) is 0 Å². The first-order valence-electron chi connectivity index (χ1n) is 9.81. The van der Waals surface area contributed by atoms with Gasteiger partial charge in [0, 0.05) is 11.9 Å². The lowest BCUT2D eigenvalue weighted by atomic mass is 9.98. The summed E-state index contributed by atoms with van der Waals surface area (Å²) in [6.45, 7) is -0.0716. The molecule has 2 heterocycles. The van der Waals surface area contributed by atoms with Gasteiger partial charge >= 0.3 is 11.9 Å². The number of aromatic nitrogens is 2. The Morgan fingerprint density at radius 3 is 2.48 bits per heavy atom. The summed E-state index contributed by atoms with van der Waals surface area (Å²) in [5.74, 6) is -1.22. The topological polar surface area (TPSA) is 62.5 Å². The number of esters is 2. The summed E-state index contributed by atoms with van der Waals surface area (Å²) in [5, 5.41) is 0. The van der Waals surface area contributed by atoms with Crippen LogP contribution in [-0.4, -0.2) is 34.3 Å². The molecular formula is C22H23FN2O4. The van der Waals surface area contributed by atoms with Gasteiger partial charge in [0.2, 0.25) is 0 Å². The zero-order valence-corrected chi connectivity index (χ0v) is 16.3. The summed E-state index contributed by atoms with van der Waals surface area (Å²) < 4.78 is 27.3. The lowest BCUT2D eigenvalue weighted by Crippen LogP contribution is -2.25. The molecule has 6 nitrogen and oxygen atoms in total. The van der Waals surface area contributed by atoms with Gasteiger partial charge in [0.05, 0.1) is 18.1 Å². The van der Waals surface area contributed by atoms with Crippen LogP contribution in [0.1, 0.15) is 42.6 Å². The van der Waals surface area contributed by atoms with Crippen LogP contribution in [-0.2, 0) is 20.8 Å². The van der Waals surface area contributed by atoms with Crippen molar-refractivity contribution in [3.8, 4) is 5.69 Å². The smallest absolute Gasteiger partial charge is 0.354 e. The Morgan fingerprint density at radius 1 is 1.07 bits per heavy atom. The summed E-state index contributed by atoms with van der Waals surface area (Å²) in [5.41, 5.74) is 2.45. The van der Waals surface area contributed by atoms with Crippen molar-refractivity contribution in [1.82, 2.24) is 9.13 Å². The number of carbonyl (C=O) groups is 2. The van der Waals surface area contributed by atoms with Crippen molar-refractivity contribution in [2.75, 3.05) is 7.11 Å². The van der Waals surface area contributed by atoms with Gasteiger partial charge in [0.15, 0.2) is 0 Å². The van der Waals surface area contributed by atoms with Gasteiger partial charge in [0.1, 0.15) is 24.2 Å². The highest BCUT2D eigenvalue weighted by Gasteiger charge is 2.23. The Morgan fingerprint density at radius 2 is 1.79 bits per heavy atom. The van der Waals surface area contributed by atoms with Crippen LogP contribution >= 0.6 is 0 Å². The molecule has 0 unspecified atom stereocenters. The molecule has 152 valence electrons. The van der Waals surface area contributed by atoms with Crippen LogP contribution in [0.5, 0.6) is 0 Å². The minimum absolute atomic E-state index is 0.0484. The van der Waals surface area contributed by atoms with E-state index in [1.807, 2.05) is 16.8 Å². The number of ether oxygens (including phenoxy) is 2. The van der Waals surface area contributed by atoms with Crippen molar-refractivity contribution in [2.45, 2.75) is 44.8 Å². The molecule has 0 aliphatic heterocycles. The molecule has 0 atom stereocenters. The summed E-state index contributed by atoms with van der Waals surface area (Å²) in [6.07, 6.45) is 6.86. The molecule has 1 aliphatic carbocycles. The number of hydrogen-bond donors (Lipinski definition) is 0. The number of nitrogens with zero attached hydrogens (tertiary/aromatic N) is 2. The van der Waals surface area contributed by atoms with Crippen molar-refractivity contribution in [3.05, 3.63) is 54.1 Å². The van der Waals surface area contributed by atoms with Gasteiger partial charge in [-0.05, 0) is 62.1 Å². The molecule has 1 saturated carbocycles. The number of rotatable bonds is 5. The van der Waals surface area contributed by atoms with E-state index >= 15 is 0 Å². The summed E-state index contributed by atoms with van der Waals surface area (Å²) in [4.78, 5) is 24.9. The number of carbonyl (C=O) groups excluding carboxylic acids is 2. The van der Waals surface area contributed by atoms with Gasteiger partial charge in [-0.3, -0.25) is 4.79 Å². The molecule has 0 spiro atoms. The van der Waals surface area contributed by atoms with E-state index in [1.165, 1.54) is 25.7 Å². The molecule has 0 bridgehead atoms. The average molecular weight is 398 g/mol. The largest absolute Gasteiger partial charge is 0.464 e. The van der Waals surface area contributed by atoms with Crippen LogP contribution in [0.15, 0.2) is 42.6 Å². The van der Waals surface area contributed by atoms with E-state index in [2.05, 4.69) is 0 Å². The molecule has 29 heavy (non-hydrogen) atoms. The van der Waals surface area contributed by atoms with Gasteiger partial charge in [-0.15, -0.1) is 0 Å². The first kappa shape index (κ1) is 19.2. The second kappa shape index (κ2) is 8.11. The predicted octanol–water partition coefficient (Wildman–Crippen LogP) is 4.23. The first-order chi connectivity index (χ1) is 14.1.